The highest BCUT2D eigenvalue weighted by Gasteiger charge is 2.11. The van der Waals surface area contributed by atoms with E-state index in [1.807, 2.05) is 0 Å². The smallest absolute Gasteiger partial charge is 0.267 e. The lowest BCUT2D eigenvalue weighted by Crippen LogP contribution is -2.38. The zero-order valence-corrected chi connectivity index (χ0v) is 14.1. The Morgan fingerprint density at radius 3 is 2.88 bits per heavy atom. The molecule has 2 aromatic rings. The van der Waals surface area contributed by atoms with Crippen LogP contribution in [0.2, 0.25) is 5.02 Å². The third-order valence-corrected chi connectivity index (χ3v) is 4.31. The van der Waals surface area contributed by atoms with Gasteiger partial charge in [-0.25, -0.2) is 0 Å². The molecule has 3 rings (SSSR count). The number of morpholine rings is 1. The van der Waals surface area contributed by atoms with Gasteiger partial charge in [0.2, 0.25) is 0 Å². The fourth-order valence-corrected chi connectivity index (χ4v) is 2.94. The normalized spacial score (nSPS) is 15.5. The van der Waals surface area contributed by atoms with Crippen LogP contribution in [0.25, 0.3) is 10.9 Å². The molecule has 128 valence electrons. The van der Waals surface area contributed by atoms with Crippen LogP contribution < -0.4 is 10.7 Å². The first-order chi connectivity index (χ1) is 11.6. The molecule has 1 fully saturated rings. The maximum Gasteiger partial charge on any atom is 0.267 e. The monoisotopic (exact) mass is 349 g/mol. The number of ether oxygens (including phenoxy) is 1. The van der Waals surface area contributed by atoms with Crippen LogP contribution in [-0.4, -0.2) is 55.2 Å². The Labute approximate surface area is 144 Å². The Kier molecular flexibility index (Phi) is 5.50. The minimum absolute atomic E-state index is 0.218. The highest BCUT2D eigenvalue weighted by Crippen LogP contribution is 2.15. The van der Waals surface area contributed by atoms with Gasteiger partial charge in [-0.1, -0.05) is 11.6 Å². The van der Waals surface area contributed by atoms with E-state index in [0.29, 0.717) is 22.5 Å². The maximum atomic E-state index is 12.2. The van der Waals surface area contributed by atoms with Gasteiger partial charge in [-0.3, -0.25) is 14.5 Å². The van der Waals surface area contributed by atoms with E-state index in [2.05, 4.69) is 15.2 Å². The second-order valence-electron chi connectivity index (χ2n) is 5.80. The fraction of sp³-hybridized carbons (Fsp3) is 0.412. The predicted molar refractivity (Wildman–Crippen MR) is 93.8 cm³/mol. The summed E-state index contributed by atoms with van der Waals surface area (Å²) in [6.07, 6.45) is 0.860. The van der Waals surface area contributed by atoms with Gasteiger partial charge in [-0.15, -0.1) is 0 Å². The number of amides is 1. The first kappa shape index (κ1) is 17.0. The molecule has 7 heteroatoms. The fourth-order valence-electron chi connectivity index (χ4n) is 2.77. The number of carbonyl (C=O) groups excluding carboxylic acids is 1. The summed E-state index contributed by atoms with van der Waals surface area (Å²) < 4.78 is 5.30. The van der Waals surface area contributed by atoms with E-state index in [0.717, 1.165) is 39.3 Å². The standard InChI is InChI=1S/C17H20ClN3O3/c18-12-2-3-14-13(10-12)16(22)11-15(20-14)17(23)19-4-1-5-21-6-8-24-9-7-21/h2-3,10-11H,1,4-9H2,(H,19,23)(H,20,22). The second kappa shape index (κ2) is 7.79. The Morgan fingerprint density at radius 1 is 1.29 bits per heavy atom. The third kappa shape index (κ3) is 4.14. The predicted octanol–water partition coefficient (Wildman–Crippen LogP) is 1.63. The number of aromatic amines is 1. The Morgan fingerprint density at radius 2 is 2.08 bits per heavy atom. The number of H-pyrrole nitrogens is 1. The van der Waals surface area contributed by atoms with E-state index in [1.54, 1.807) is 18.2 Å². The molecule has 0 spiro atoms. The van der Waals surface area contributed by atoms with Crippen molar-refractivity contribution in [3.8, 4) is 0 Å². The molecule has 0 bridgehead atoms. The molecule has 6 nitrogen and oxygen atoms in total. The largest absolute Gasteiger partial charge is 0.379 e. The zero-order valence-electron chi connectivity index (χ0n) is 13.3. The van der Waals surface area contributed by atoms with Crippen molar-refractivity contribution < 1.29 is 9.53 Å². The van der Waals surface area contributed by atoms with Crippen LogP contribution in [0.5, 0.6) is 0 Å². The molecule has 1 aromatic carbocycles. The lowest BCUT2D eigenvalue weighted by atomic mass is 10.2. The van der Waals surface area contributed by atoms with Crippen molar-refractivity contribution in [2.24, 2.45) is 0 Å². The summed E-state index contributed by atoms with van der Waals surface area (Å²) in [7, 11) is 0. The molecule has 1 aromatic heterocycles. The highest BCUT2D eigenvalue weighted by atomic mass is 35.5. The van der Waals surface area contributed by atoms with Gasteiger partial charge in [0, 0.05) is 41.6 Å². The summed E-state index contributed by atoms with van der Waals surface area (Å²) in [6.45, 7) is 4.92. The van der Waals surface area contributed by atoms with Gasteiger partial charge in [0.15, 0.2) is 5.43 Å². The molecule has 2 heterocycles. The Balaban J connectivity index is 1.57. The number of halogens is 1. The average molecular weight is 350 g/mol. The molecule has 0 unspecified atom stereocenters. The zero-order chi connectivity index (χ0) is 16.9. The maximum absolute atomic E-state index is 12.2. The summed E-state index contributed by atoms with van der Waals surface area (Å²) in [5, 5.41) is 3.82. The van der Waals surface area contributed by atoms with Crippen molar-refractivity contribution in [3.05, 3.63) is 45.2 Å². The minimum Gasteiger partial charge on any atom is -0.379 e. The molecule has 1 amide bonds. The van der Waals surface area contributed by atoms with Crippen LogP contribution in [0.3, 0.4) is 0 Å². The number of fused-ring (bicyclic) bond motifs is 1. The number of nitrogens with one attached hydrogen (secondary N) is 2. The van der Waals surface area contributed by atoms with E-state index in [-0.39, 0.29) is 17.0 Å². The number of aromatic nitrogens is 1. The summed E-state index contributed by atoms with van der Waals surface area (Å²) >= 11 is 5.90. The summed E-state index contributed by atoms with van der Waals surface area (Å²) in [6, 6.07) is 6.30. The Hall–Kier alpha value is -1.89. The number of pyridine rings is 1. The number of nitrogens with zero attached hydrogens (tertiary/aromatic N) is 1. The molecule has 1 aliphatic rings. The van der Waals surface area contributed by atoms with Crippen LogP contribution in [-0.2, 0) is 4.74 Å². The van der Waals surface area contributed by atoms with Crippen molar-refractivity contribution in [1.82, 2.24) is 15.2 Å². The van der Waals surface area contributed by atoms with Crippen LogP contribution in [0.4, 0.5) is 0 Å². The molecule has 1 aliphatic heterocycles. The lowest BCUT2D eigenvalue weighted by molar-refractivity contribution is 0.0374. The molecule has 0 saturated carbocycles. The van der Waals surface area contributed by atoms with Gasteiger partial charge >= 0.3 is 0 Å². The summed E-state index contributed by atoms with van der Waals surface area (Å²) in [4.78, 5) is 29.6. The molecular formula is C17H20ClN3O3. The van der Waals surface area contributed by atoms with Crippen LogP contribution in [0.1, 0.15) is 16.9 Å². The van der Waals surface area contributed by atoms with Crippen LogP contribution in [0.15, 0.2) is 29.1 Å². The van der Waals surface area contributed by atoms with E-state index in [1.165, 1.54) is 6.07 Å². The molecule has 1 saturated heterocycles. The van der Waals surface area contributed by atoms with Crippen LogP contribution in [0, 0.1) is 0 Å². The summed E-state index contributed by atoms with van der Waals surface area (Å²) in [5.41, 5.74) is 0.649. The number of hydrogen-bond donors (Lipinski definition) is 2. The topological polar surface area (TPSA) is 74.4 Å². The molecular weight excluding hydrogens is 330 g/mol. The van der Waals surface area contributed by atoms with Crippen molar-refractivity contribution in [2.45, 2.75) is 6.42 Å². The molecule has 2 N–H and O–H groups in total. The van der Waals surface area contributed by atoms with E-state index in [4.69, 9.17) is 16.3 Å². The quantitative estimate of drug-likeness (QED) is 0.805. The summed E-state index contributed by atoms with van der Waals surface area (Å²) in [5.74, 6) is -0.272. The number of rotatable bonds is 5. The third-order valence-electron chi connectivity index (χ3n) is 4.08. The molecule has 0 aliphatic carbocycles. The average Bonchev–Trinajstić information content (AvgIpc) is 2.60. The van der Waals surface area contributed by atoms with Gasteiger partial charge in [-0.05, 0) is 31.2 Å². The van der Waals surface area contributed by atoms with Crippen molar-refractivity contribution in [1.29, 1.82) is 0 Å². The SMILES string of the molecule is O=C(NCCCN1CCOCC1)c1cc(=O)c2cc(Cl)ccc2[nH]1. The number of carbonyl (C=O) groups is 1. The van der Waals surface area contributed by atoms with Crippen molar-refractivity contribution in [2.75, 3.05) is 39.4 Å². The first-order valence-electron chi connectivity index (χ1n) is 8.04. The van der Waals surface area contributed by atoms with Gasteiger partial charge < -0.3 is 15.0 Å². The van der Waals surface area contributed by atoms with Gasteiger partial charge in [-0.2, -0.15) is 0 Å². The van der Waals surface area contributed by atoms with Crippen molar-refractivity contribution >= 4 is 28.4 Å². The number of hydrogen-bond acceptors (Lipinski definition) is 4. The van der Waals surface area contributed by atoms with Crippen LogP contribution >= 0.6 is 11.6 Å². The Bertz CT molecular complexity index is 784. The van der Waals surface area contributed by atoms with Crippen molar-refractivity contribution in [3.63, 3.8) is 0 Å². The minimum atomic E-state index is -0.272. The second-order valence-corrected chi connectivity index (χ2v) is 6.24. The van der Waals surface area contributed by atoms with E-state index >= 15 is 0 Å². The highest BCUT2D eigenvalue weighted by molar-refractivity contribution is 6.31. The lowest BCUT2D eigenvalue weighted by Gasteiger charge is -2.26. The number of benzene rings is 1. The molecule has 0 atom stereocenters. The van der Waals surface area contributed by atoms with E-state index in [9.17, 15) is 9.59 Å². The molecule has 0 radical (unpaired) electrons. The van der Waals surface area contributed by atoms with E-state index < -0.39 is 0 Å². The van der Waals surface area contributed by atoms with Gasteiger partial charge in [0.25, 0.3) is 5.91 Å². The first-order valence-corrected chi connectivity index (χ1v) is 8.42. The van der Waals surface area contributed by atoms with Gasteiger partial charge in [0.1, 0.15) is 5.69 Å². The van der Waals surface area contributed by atoms with Gasteiger partial charge in [0.05, 0.1) is 13.2 Å². The molecule has 24 heavy (non-hydrogen) atoms.